The van der Waals surface area contributed by atoms with Crippen molar-refractivity contribution in [1.82, 2.24) is 4.72 Å². The summed E-state index contributed by atoms with van der Waals surface area (Å²) in [4.78, 5) is 28.6. The number of hydrogen-bond acceptors (Lipinski definition) is 7. The van der Waals surface area contributed by atoms with Gasteiger partial charge in [0.05, 0.1) is 17.5 Å². The number of carbonyl (C=O) groups is 2. The van der Waals surface area contributed by atoms with Gasteiger partial charge in [-0.05, 0) is 112 Å². The quantitative estimate of drug-likeness (QED) is 0.412. The number of amides is 1. The summed E-state index contributed by atoms with van der Waals surface area (Å²) in [6.45, 7) is 6.36. The minimum atomic E-state index is -4.01. The Hall–Kier alpha value is -2.88. The average molecular weight is 641 g/mol. The molecule has 0 saturated heterocycles. The van der Waals surface area contributed by atoms with Gasteiger partial charge in [-0.25, -0.2) is 13.1 Å². The van der Waals surface area contributed by atoms with E-state index in [9.17, 15) is 23.1 Å². The van der Waals surface area contributed by atoms with Crippen molar-refractivity contribution in [2.75, 3.05) is 24.6 Å². The number of halogens is 1. The molecular weight excluding hydrogens is 600 g/mol. The fourth-order valence-electron chi connectivity index (χ4n) is 7.65. The summed E-state index contributed by atoms with van der Waals surface area (Å²) in [6, 6.07) is 11.1. The monoisotopic (exact) mass is 640 g/mol. The Morgan fingerprint density at radius 3 is 2.68 bits per heavy atom. The summed E-state index contributed by atoms with van der Waals surface area (Å²) in [5, 5.41) is 11.6. The van der Waals surface area contributed by atoms with Crippen molar-refractivity contribution >= 4 is 39.0 Å². The van der Waals surface area contributed by atoms with Crippen LogP contribution in [-0.4, -0.2) is 55.8 Å². The first-order chi connectivity index (χ1) is 20.8. The molecule has 2 aromatic carbocycles. The number of Topliss-reactive ketones (excluding diaryl/α,β-unsaturated/α-hetero) is 1. The minimum absolute atomic E-state index is 0.0203. The lowest BCUT2D eigenvalue weighted by atomic mass is 9.63. The predicted octanol–water partition coefficient (Wildman–Crippen LogP) is 5.20. The van der Waals surface area contributed by atoms with E-state index in [1.54, 1.807) is 44.2 Å². The van der Waals surface area contributed by atoms with Crippen LogP contribution in [0.1, 0.15) is 74.4 Å². The Kier molecular flexibility index (Phi) is 8.12. The Balaban J connectivity index is 1.46. The highest BCUT2D eigenvalue weighted by molar-refractivity contribution is 7.90. The zero-order valence-electron chi connectivity index (χ0n) is 25.5. The zero-order valence-corrected chi connectivity index (χ0v) is 27.1. The molecule has 2 aliphatic carbocycles. The molecule has 1 spiro atoms. The van der Waals surface area contributed by atoms with Crippen LogP contribution in [0.2, 0.25) is 5.02 Å². The lowest BCUT2D eigenvalue weighted by Crippen LogP contribution is -2.54. The number of rotatable bonds is 1. The number of nitrogens with zero attached hydrogens (tertiary/aromatic N) is 1. The van der Waals surface area contributed by atoms with Gasteiger partial charge in [-0.15, -0.1) is 0 Å². The molecule has 1 saturated carbocycles. The molecule has 2 aromatic rings. The Bertz CT molecular complexity index is 1630. The molecule has 10 heteroatoms. The van der Waals surface area contributed by atoms with Gasteiger partial charge < -0.3 is 14.7 Å². The van der Waals surface area contributed by atoms with Gasteiger partial charge in [0.15, 0.2) is 5.78 Å². The molecular formula is C34H41ClN2O6S. The first-order valence-corrected chi connectivity index (χ1v) is 17.5. The second-order valence-electron chi connectivity index (χ2n) is 13.4. The van der Waals surface area contributed by atoms with E-state index < -0.39 is 26.8 Å². The van der Waals surface area contributed by atoms with Crippen molar-refractivity contribution in [2.45, 2.75) is 75.6 Å². The van der Waals surface area contributed by atoms with E-state index >= 15 is 0 Å². The molecule has 44 heavy (non-hydrogen) atoms. The topological polar surface area (TPSA) is 113 Å². The molecule has 2 heterocycles. The highest BCUT2D eigenvalue weighted by atomic mass is 35.5. The van der Waals surface area contributed by atoms with Crippen molar-refractivity contribution in [3.8, 4) is 5.75 Å². The van der Waals surface area contributed by atoms with E-state index in [0.29, 0.717) is 49.0 Å². The van der Waals surface area contributed by atoms with Gasteiger partial charge in [-0.3, -0.25) is 9.59 Å². The van der Waals surface area contributed by atoms with Crippen molar-refractivity contribution in [1.29, 1.82) is 0 Å². The number of ketones is 1. The number of benzene rings is 2. The van der Waals surface area contributed by atoms with Crippen LogP contribution in [-0.2, 0) is 26.7 Å². The lowest BCUT2D eigenvalue weighted by Gasteiger charge is -2.48. The van der Waals surface area contributed by atoms with Crippen molar-refractivity contribution in [3.05, 3.63) is 70.3 Å². The number of hydrogen-bond donors (Lipinski definition) is 2. The Labute approximate surface area is 264 Å². The van der Waals surface area contributed by atoms with Crippen LogP contribution in [0.15, 0.2) is 48.6 Å². The summed E-state index contributed by atoms with van der Waals surface area (Å²) in [5.74, 6) is -1.01. The molecule has 4 aliphatic rings. The summed E-state index contributed by atoms with van der Waals surface area (Å²) in [5.41, 5.74) is 1.35. The SMILES string of the molecule is CC(=O)[C@]1(O)/C=C/C[C@H](C)[C@@H](C)S(=O)(=O)NC(=O)c2ccc3c(c2)N(C[C@@H]2CC[C@H]21)C[C@@]1(CCCc2cc(Cl)ccc21)CO3. The maximum atomic E-state index is 13.4. The van der Waals surface area contributed by atoms with E-state index in [0.717, 1.165) is 25.7 Å². The number of allylic oxidation sites excluding steroid dienone is 1. The van der Waals surface area contributed by atoms with Crippen LogP contribution < -0.4 is 14.4 Å². The van der Waals surface area contributed by atoms with E-state index in [-0.39, 0.29) is 34.5 Å². The minimum Gasteiger partial charge on any atom is -0.490 e. The standard InChI is InChI=1S/C34H41ClN2O6S/c1-21-6-4-15-34(40,23(3)38)29-11-8-26(29)18-37-19-33(14-5-7-24-16-27(35)10-12-28(24)33)20-43-31-13-9-25(17-30(31)37)32(39)36-44(41,42)22(21)2/h4,9-10,12-13,15-17,21-22,26,29,40H,5-8,11,14,18-20H2,1-3H3,(H,36,39)/b15-4+/t21-,22+,26-,29+,33-,34+/m0/s1. The molecule has 6 rings (SSSR count). The van der Waals surface area contributed by atoms with Gasteiger partial charge in [0, 0.05) is 35.0 Å². The zero-order chi connectivity index (χ0) is 31.4. The van der Waals surface area contributed by atoms with E-state index in [1.165, 1.54) is 18.1 Å². The van der Waals surface area contributed by atoms with Gasteiger partial charge in [0.2, 0.25) is 10.0 Å². The molecule has 0 unspecified atom stereocenters. The molecule has 0 aromatic heterocycles. The highest BCUT2D eigenvalue weighted by Gasteiger charge is 2.50. The van der Waals surface area contributed by atoms with Gasteiger partial charge in [-0.1, -0.05) is 30.7 Å². The van der Waals surface area contributed by atoms with Crippen LogP contribution in [0.5, 0.6) is 5.75 Å². The first-order valence-electron chi connectivity index (χ1n) is 15.6. The normalized spacial score (nSPS) is 33.9. The van der Waals surface area contributed by atoms with Crippen LogP contribution >= 0.6 is 11.6 Å². The van der Waals surface area contributed by atoms with Crippen molar-refractivity contribution < 1.29 is 27.9 Å². The summed E-state index contributed by atoms with van der Waals surface area (Å²) in [6.07, 6.45) is 8.00. The summed E-state index contributed by atoms with van der Waals surface area (Å²) in [7, 11) is -4.01. The molecule has 2 bridgehead atoms. The van der Waals surface area contributed by atoms with Crippen LogP contribution in [0.3, 0.4) is 0 Å². The smallest absolute Gasteiger partial charge is 0.264 e. The van der Waals surface area contributed by atoms with Gasteiger partial charge in [0.25, 0.3) is 5.91 Å². The fraction of sp³-hybridized carbons (Fsp3) is 0.529. The second-order valence-corrected chi connectivity index (χ2v) is 15.9. The number of sulfonamides is 1. The number of fused-ring (bicyclic) bond motifs is 4. The highest BCUT2D eigenvalue weighted by Crippen LogP contribution is 2.48. The Morgan fingerprint density at radius 1 is 1.16 bits per heavy atom. The van der Waals surface area contributed by atoms with E-state index in [2.05, 4.69) is 15.7 Å². The fourth-order valence-corrected chi connectivity index (χ4v) is 9.13. The van der Waals surface area contributed by atoms with Crippen LogP contribution in [0.4, 0.5) is 5.69 Å². The molecule has 236 valence electrons. The van der Waals surface area contributed by atoms with Crippen molar-refractivity contribution in [3.63, 3.8) is 0 Å². The lowest BCUT2D eigenvalue weighted by molar-refractivity contribution is -0.141. The number of carbonyl (C=O) groups excluding carboxylic acids is 2. The van der Waals surface area contributed by atoms with Gasteiger partial charge in [-0.2, -0.15) is 0 Å². The number of nitrogens with one attached hydrogen (secondary N) is 1. The van der Waals surface area contributed by atoms with Crippen LogP contribution in [0, 0.1) is 17.8 Å². The predicted molar refractivity (Wildman–Crippen MR) is 171 cm³/mol. The Morgan fingerprint density at radius 2 is 1.95 bits per heavy atom. The van der Waals surface area contributed by atoms with E-state index in [4.69, 9.17) is 16.3 Å². The second kappa shape index (κ2) is 11.5. The third kappa shape index (κ3) is 5.45. The largest absolute Gasteiger partial charge is 0.490 e. The maximum Gasteiger partial charge on any atom is 0.264 e. The number of anilines is 1. The third-order valence-electron chi connectivity index (χ3n) is 10.7. The average Bonchev–Trinajstić information content (AvgIpc) is 3.10. The van der Waals surface area contributed by atoms with Crippen molar-refractivity contribution in [2.24, 2.45) is 17.8 Å². The maximum absolute atomic E-state index is 13.4. The van der Waals surface area contributed by atoms with Crippen LogP contribution in [0.25, 0.3) is 0 Å². The number of ether oxygens (including phenoxy) is 1. The molecule has 8 nitrogen and oxygen atoms in total. The first kappa shape index (κ1) is 31.1. The summed E-state index contributed by atoms with van der Waals surface area (Å²) >= 11 is 6.39. The third-order valence-corrected chi connectivity index (χ3v) is 12.9. The molecule has 1 fully saturated rings. The van der Waals surface area contributed by atoms with Gasteiger partial charge in [0.1, 0.15) is 11.4 Å². The van der Waals surface area contributed by atoms with Gasteiger partial charge >= 0.3 is 0 Å². The molecule has 6 atom stereocenters. The molecule has 1 amide bonds. The number of aryl methyl sites for hydroxylation is 1. The molecule has 0 radical (unpaired) electrons. The summed E-state index contributed by atoms with van der Waals surface area (Å²) < 4.78 is 35.3. The number of aliphatic hydroxyl groups is 1. The molecule has 2 N–H and O–H groups in total. The molecule has 2 aliphatic heterocycles. The van der Waals surface area contributed by atoms with E-state index in [1.807, 2.05) is 12.1 Å².